The number of carbonyl (C=O) groups excluding carboxylic acids is 1. The third-order valence-corrected chi connectivity index (χ3v) is 4.41. The maximum absolute atomic E-state index is 12.4. The summed E-state index contributed by atoms with van der Waals surface area (Å²) < 4.78 is 4.43. The molecule has 2 aromatic carbocycles. The first-order chi connectivity index (χ1) is 10.9. The second-order valence-corrected chi connectivity index (χ2v) is 11.6. The molecular formula is C16H15Br3N2O2. The minimum absolute atomic E-state index is 0.181. The van der Waals surface area contributed by atoms with Crippen LogP contribution in [-0.2, 0) is 0 Å². The van der Waals surface area contributed by atoms with Gasteiger partial charge in [0.05, 0.1) is 7.11 Å². The minimum atomic E-state index is -0.711. The van der Waals surface area contributed by atoms with Crippen molar-refractivity contribution in [3.8, 4) is 5.75 Å². The highest BCUT2D eigenvalue weighted by atomic mass is 80.0. The van der Waals surface area contributed by atoms with E-state index in [1.807, 2.05) is 42.5 Å². The largest absolute Gasteiger partial charge is 0.497 e. The zero-order valence-corrected chi connectivity index (χ0v) is 17.0. The van der Waals surface area contributed by atoms with E-state index in [1.165, 1.54) is 0 Å². The van der Waals surface area contributed by atoms with Crippen molar-refractivity contribution in [3.05, 3.63) is 60.2 Å². The quantitative estimate of drug-likeness (QED) is 0.456. The number of hydrogen-bond acceptors (Lipinski definition) is 3. The zero-order valence-electron chi connectivity index (χ0n) is 12.2. The molecule has 0 spiro atoms. The third-order valence-electron chi connectivity index (χ3n) is 3.04. The monoisotopic (exact) mass is 504 g/mol. The molecule has 2 rings (SSSR count). The molecular weight excluding hydrogens is 492 g/mol. The molecule has 0 aliphatic rings. The number of benzene rings is 2. The lowest BCUT2D eigenvalue weighted by Crippen LogP contribution is -2.48. The summed E-state index contributed by atoms with van der Waals surface area (Å²) in [6.07, 6.45) is -0.455. The number of carbonyl (C=O) groups is 1. The predicted octanol–water partition coefficient (Wildman–Crippen LogP) is 4.70. The summed E-state index contributed by atoms with van der Waals surface area (Å²) in [4.78, 5) is 12.4. The van der Waals surface area contributed by atoms with E-state index in [4.69, 9.17) is 4.74 Å². The number of methoxy groups -OCH3 is 1. The molecule has 1 amide bonds. The number of amides is 1. The molecule has 1 atom stereocenters. The Morgan fingerprint density at radius 2 is 1.65 bits per heavy atom. The standard InChI is InChI=1S/C16H15Br3N2O2/c1-23-13-9-7-12(8-10-13)20-15(16(17,18)19)21-14(22)11-5-3-2-4-6-11/h2-10,15,20H,1H3,(H,21,22)/t15-/m1/s1. The van der Waals surface area contributed by atoms with E-state index in [9.17, 15) is 4.79 Å². The van der Waals surface area contributed by atoms with Crippen molar-refractivity contribution in [2.75, 3.05) is 12.4 Å². The minimum Gasteiger partial charge on any atom is -0.497 e. The Morgan fingerprint density at radius 3 is 2.17 bits per heavy atom. The molecule has 0 fully saturated rings. The van der Waals surface area contributed by atoms with E-state index in [0.29, 0.717) is 5.56 Å². The van der Waals surface area contributed by atoms with Gasteiger partial charge in [0.1, 0.15) is 11.9 Å². The van der Waals surface area contributed by atoms with Gasteiger partial charge < -0.3 is 15.4 Å². The molecule has 7 heteroatoms. The molecule has 0 aliphatic carbocycles. The third kappa shape index (κ3) is 5.51. The van der Waals surface area contributed by atoms with Crippen molar-refractivity contribution >= 4 is 59.4 Å². The van der Waals surface area contributed by atoms with E-state index in [0.717, 1.165) is 11.4 Å². The van der Waals surface area contributed by atoms with Crippen LogP contribution in [0.1, 0.15) is 10.4 Å². The summed E-state index contributed by atoms with van der Waals surface area (Å²) in [6.45, 7) is 0. The lowest BCUT2D eigenvalue weighted by atomic mass is 10.2. The highest BCUT2D eigenvalue weighted by molar-refractivity contribution is 9.39. The number of alkyl halides is 3. The number of halogens is 3. The van der Waals surface area contributed by atoms with Gasteiger partial charge in [0.15, 0.2) is 2.14 Å². The van der Waals surface area contributed by atoms with Gasteiger partial charge in [-0.25, -0.2) is 0 Å². The number of nitrogens with one attached hydrogen (secondary N) is 2. The Balaban J connectivity index is 2.12. The highest BCUT2D eigenvalue weighted by Gasteiger charge is 2.32. The molecule has 23 heavy (non-hydrogen) atoms. The smallest absolute Gasteiger partial charge is 0.252 e. The van der Waals surface area contributed by atoms with E-state index >= 15 is 0 Å². The van der Waals surface area contributed by atoms with Crippen LogP contribution in [-0.4, -0.2) is 21.3 Å². The van der Waals surface area contributed by atoms with Gasteiger partial charge in [-0.2, -0.15) is 0 Å². The van der Waals surface area contributed by atoms with Crippen LogP contribution >= 0.6 is 47.8 Å². The number of ether oxygens (including phenoxy) is 1. The van der Waals surface area contributed by atoms with Crippen molar-refractivity contribution in [2.45, 2.75) is 8.31 Å². The second kappa shape index (κ2) is 8.17. The predicted molar refractivity (Wildman–Crippen MR) is 104 cm³/mol. The summed E-state index contributed by atoms with van der Waals surface area (Å²) in [6, 6.07) is 16.5. The first-order valence-electron chi connectivity index (χ1n) is 6.73. The Kier molecular flexibility index (Phi) is 6.50. The molecule has 0 radical (unpaired) electrons. The van der Waals surface area contributed by atoms with E-state index in [1.54, 1.807) is 19.2 Å². The zero-order chi connectivity index (χ0) is 16.9. The van der Waals surface area contributed by atoms with Crippen molar-refractivity contribution < 1.29 is 9.53 Å². The Hall–Kier alpha value is -1.05. The van der Waals surface area contributed by atoms with Crippen LogP contribution in [0.2, 0.25) is 0 Å². The number of rotatable bonds is 5. The van der Waals surface area contributed by atoms with E-state index in [-0.39, 0.29) is 5.91 Å². The lowest BCUT2D eigenvalue weighted by Gasteiger charge is -2.28. The molecule has 0 bridgehead atoms. The average molecular weight is 507 g/mol. The first kappa shape index (κ1) is 18.3. The molecule has 0 aromatic heterocycles. The van der Waals surface area contributed by atoms with Crippen LogP contribution in [0.25, 0.3) is 0 Å². The van der Waals surface area contributed by atoms with Crippen molar-refractivity contribution in [1.29, 1.82) is 0 Å². The molecule has 0 heterocycles. The molecule has 0 unspecified atom stereocenters. The maximum atomic E-state index is 12.4. The van der Waals surface area contributed by atoms with Gasteiger partial charge in [-0.3, -0.25) is 4.79 Å². The van der Waals surface area contributed by atoms with Gasteiger partial charge in [0.25, 0.3) is 5.91 Å². The van der Waals surface area contributed by atoms with Gasteiger partial charge >= 0.3 is 0 Å². The van der Waals surface area contributed by atoms with Crippen molar-refractivity contribution in [1.82, 2.24) is 5.32 Å². The van der Waals surface area contributed by atoms with Crippen molar-refractivity contribution in [3.63, 3.8) is 0 Å². The summed E-state index contributed by atoms with van der Waals surface area (Å²) in [5.41, 5.74) is 1.43. The summed E-state index contributed by atoms with van der Waals surface area (Å²) in [5.74, 6) is 0.586. The topological polar surface area (TPSA) is 50.4 Å². The van der Waals surface area contributed by atoms with Gasteiger partial charge in [0.2, 0.25) is 0 Å². The Bertz CT molecular complexity index is 643. The SMILES string of the molecule is COc1ccc(N[C@H](NC(=O)c2ccccc2)C(Br)(Br)Br)cc1. The van der Waals surface area contributed by atoms with Crippen LogP contribution in [0, 0.1) is 0 Å². The molecule has 2 aromatic rings. The fraction of sp³-hybridized carbons (Fsp3) is 0.188. The maximum Gasteiger partial charge on any atom is 0.252 e. The van der Waals surface area contributed by atoms with Gasteiger partial charge in [-0.1, -0.05) is 66.0 Å². The Labute approximate surface area is 160 Å². The summed E-state index contributed by atoms with van der Waals surface area (Å²) in [5, 5.41) is 6.17. The van der Waals surface area contributed by atoms with E-state index in [2.05, 4.69) is 58.4 Å². The van der Waals surface area contributed by atoms with Crippen LogP contribution in [0.4, 0.5) is 5.69 Å². The number of anilines is 1. The number of hydrogen-bond donors (Lipinski definition) is 2. The highest BCUT2D eigenvalue weighted by Crippen LogP contribution is 2.37. The molecule has 0 saturated heterocycles. The van der Waals surface area contributed by atoms with Crippen LogP contribution in [0.15, 0.2) is 54.6 Å². The molecule has 0 aliphatic heterocycles. The molecule has 122 valence electrons. The fourth-order valence-electron chi connectivity index (χ4n) is 1.86. The first-order valence-corrected chi connectivity index (χ1v) is 9.11. The summed E-state index contributed by atoms with van der Waals surface area (Å²) in [7, 11) is 1.62. The lowest BCUT2D eigenvalue weighted by molar-refractivity contribution is 0.0943. The average Bonchev–Trinajstić information content (AvgIpc) is 2.54. The van der Waals surface area contributed by atoms with Gasteiger partial charge in [-0.15, -0.1) is 0 Å². The van der Waals surface area contributed by atoms with Crippen LogP contribution in [0.3, 0.4) is 0 Å². The molecule has 0 saturated carbocycles. The van der Waals surface area contributed by atoms with Crippen molar-refractivity contribution in [2.24, 2.45) is 0 Å². The molecule has 4 nitrogen and oxygen atoms in total. The van der Waals surface area contributed by atoms with Gasteiger partial charge in [-0.05, 0) is 36.4 Å². The normalized spacial score (nSPS) is 12.3. The van der Waals surface area contributed by atoms with Gasteiger partial charge in [0, 0.05) is 11.3 Å². The summed E-state index contributed by atoms with van der Waals surface area (Å²) >= 11 is 10.4. The second-order valence-electron chi connectivity index (χ2n) is 4.69. The van der Waals surface area contributed by atoms with Crippen LogP contribution < -0.4 is 15.4 Å². The molecule has 2 N–H and O–H groups in total. The van der Waals surface area contributed by atoms with E-state index < -0.39 is 8.31 Å². The van der Waals surface area contributed by atoms with Crippen LogP contribution in [0.5, 0.6) is 5.75 Å². The fourth-order valence-corrected chi connectivity index (χ4v) is 2.54. The Morgan fingerprint density at radius 1 is 1.04 bits per heavy atom.